The van der Waals surface area contributed by atoms with Gasteiger partial charge in [-0.1, -0.05) is 23.4 Å². The van der Waals surface area contributed by atoms with Crippen LogP contribution in [0.25, 0.3) is 0 Å². The van der Waals surface area contributed by atoms with E-state index in [2.05, 4.69) is 20.3 Å². The molecule has 128 valence electrons. The highest BCUT2D eigenvalue weighted by molar-refractivity contribution is 7.98. The average Bonchev–Trinajstić information content (AvgIpc) is 2.60. The zero-order valence-electron chi connectivity index (χ0n) is 13.5. The van der Waals surface area contributed by atoms with E-state index >= 15 is 0 Å². The molecule has 0 spiro atoms. The Labute approximate surface area is 149 Å². The average molecular weight is 369 g/mol. The maximum Gasteiger partial charge on any atom is 0.343 e. The van der Waals surface area contributed by atoms with Crippen molar-refractivity contribution in [3.05, 3.63) is 34.6 Å². The number of aromatic nitrogens is 3. The number of hydrogen-bond donors (Lipinski definition) is 1. The van der Waals surface area contributed by atoms with Crippen LogP contribution in [-0.4, -0.2) is 40.9 Å². The van der Waals surface area contributed by atoms with Gasteiger partial charge in [0.25, 0.3) is 0 Å². The van der Waals surface area contributed by atoms with Crippen LogP contribution in [0, 0.1) is 0 Å². The van der Waals surface area contributed by atoms with Crippen LogP contribution >= 0.6 is 23.4 Å². The van der Waals surface area contributed by atoms with Crippen LogP contribution in [0.3, 0.4) is 0 Å². The number of hydrogen-bond acceptors (Lipinski definition) is 8. The molecule has 0 fully saturated rings. The van der Waals surface area contributed by atoms with Gasteiger partial charge in [-0.25, -0.2) is 19.7 Å². The van der Waals surface area contributed by atoms with Crippen LogP contribution in [0.5, 0.6) is 5.88 Å². The molecule has 2 heterocycles. The van der Waals surface area contributed by atoms with Gasteiger partial charge in [0.2, 0.25) is 5.88 Å². The molecule has 9 heteroatoms. The topological polar surface area (TPSA) is 86.2 Å². The molecule has 0 atom stereocenters. The van der Waals surface area contributed by atoms with Crippen molar-refractivity contribution in [1.29, 1.82) is 0 Å². The third-order valence-corrected chi connectivity index (χ3v) is 3.79. The zero-order valence-corrected chi connectivity index (χ0v) is 15.1. The largest absolute Gasteiger partial charge is 0.480 e. The fraction of sp³-hybridized carbons (Fsp3) is 0.333. The molecule has 0 aromatic carbocycles. The van der Waals surface area contributed by atoms with E-state index in [9.17, 15) is 4.79 Å². The number of ether oxygens (including phenoxy) is 2. The molecule has 0 saturated carbocycles. The van der Waals surface area contributed by atoms with Crippen LogP contribution in [0.1, 0.15) is 22.8 Å². The summed E-state index contributed by atoms with van der Waals surface area (Å²) in [6, 6.07) is 1.74. The lowest BCUT2D eigenvalue weighted by molar-refractivity contribution is 0.0526. The van der Waals surface area contributed by atoms with Crippen molar-refractivity contribution in [3.8, 4) is 5.88 Å². The summed E-state index contributed by atoms with van der Waals surface area (Å²) in [5.41, 5.74) is 1.10. The smallest absolute Gasteiger partial charge is 0.343 e. The zero-order chi connectivity index (χ0) is 17.5. The molecule has 0 aliphatic heterocycles. The number of nitrogens with one attached hydrogen (secondary N) is 1. The van der Waals surface area contributed by atoms with E-state index in [1.54, 1.807) is 19.2 Å². The van der Waals surface area contributed by atoms with Gasteiger partial charge in [0, 0.05) is 18.9 Å². The molecular formula is C15H17ClN4O3S. The molecule has 1 N–H and O–H groups in total. The van der Waals surface area contributed by atoms with Gasteiger partial charge in [0.05, 0.1) is 13.7 Å². The van der Waals surface area contributed by atoms with Crippen molar-refractivity contribution in [2.75, 3.05) is 25.3 Å². The molecule has 2 aromatic rings. The number of pyridine rings is 1. The fourth-order valence-corrected chi connectivity index (χ4v) is 2.46. The lowest BCUT2D eigenvalue weighted by atomic mass is 10.2. The summed E-state index contributed by atoms with van der Waals surface area (Å²) in [6.07, 6.45) is 4.95. The van der Waals surface area contributed by atoms with Crippen LogP contribution < -0.4 is 10.1 Å². The quantitative estimate of drug-likeness (QED) is 0.453. The lowest BCUT2D eigenvalue weighted by Crippen LogP contribution is -2.13. The molecule has 2 rings (SSSR count). The minimum atomic E-state index is -0.474. The van der Waals surface area contributed by atoms with Gasteiger partial charge in [-0.3, -0.25) is 0 Å². The first-order valence-electron chi connectivity index (χ1n) is 7.09. The summed E-state index contributed by atoms with van der Waals surface area (Å²) in [4.78, 5) is 24.6. The Morgan fingerprint density at radius 2 is 2.17 bits per heavy atom. The predicted octanol–water partition coefficient (Wildman–Crippen LogP) is 3.04. The Bertz CT molecular complexity index is 730. The van der Waals surface area contributed by atoms with Crippen molar-refractivity contribution >= 4 is 35.1 Å². The number of methoxy groups -OCH3 is 1. The molecule has 0 radical (unpaired) electrons. The molecule has 0 aliphatic rings. The van der Waals surface area contributed by atoms with Gasteiger partial charge in [-0.05, 0) is 24.8 Å². The first-order valence-corrected chi connectivity index (χ1v) is 8.69. The second-order valence-electron chi connectivity index (χ2n) is 4.53. The van der Waals surface area contributed by atoms with E-state index < -0.39 is 5.97 Å². The van der Waals surface area contributed by atoms with Gasteiger partial charge in [-0.2, -0.15) is 0 Å². The summed E-state index contributed by atoms with van der Waals surface area (Å²) < 4.78 is 10.1. The molecule has 7 nitrogen and oxygen atoms in total. The van der Waals surface area contributed by atoms with E-state index in [-0.39, 0.29) is 12.2 Å². The summed E-state index contributed by atoms with van der Waals surface area (Å²) >= 11 is 7.45. The number of nitrogens with zero attached hydrogens (tertiary/aromatic N) is 3. The third kappa shape index (κ3) is 4.48. The molecular weight excluding hydrogens is 352 g/mol. The molecule has 0 aliphatic carbocycles. The van der Waals surface area contributed by atoms with Crippen molar-refractivity contribution in [2.24, 2.45) is 0 Å². The molecule has 24 heavy (non-hydrogen) atoms. The summed E-state index contributed by atoms with van der Waals surface area (Å²) in [6.45, 7) is 2.40. The third-order valence-electron chi connectivity index (χ3n) is 2.96. The number of carbonyl (C=O) groups excluding carboxylic acids is 1. The normalized spacial score (nSPS) is 10.3. The predicted molar refractivity (Wildman–Crippen MR) is 92.9 cm³/mol. The minimum Gasteiger partial charge on any atom is -0.480 e. The van der Waals surface area contributed by atoms with E-state index in [4.69, 9.17) is 21.1 Å². The monoisotopic (exact) mass is 368 g/mol. The van der Waals surface area contributed by atoms with Crippen LogP contribution in [0.2, 0.25) is 5.02 Å². The number of esters is 1. The maximum absolute atomic E-state index is 12.0. The van der Waals surface area contributed by atoms with E-state index in [0.29, 0.717) is 28.4 Å². The Hall–Kier alpha value is -2.06. The first-order chi connectivity index (χ1) is 11.6. The Morgan fingerprint density at radius 1 is 1.38 bits per heavy atom. The lowest BCUT2D eigenvalue weighted by Gasteiger charge is -2.11. The van der Waals surface area contributed by atoms with E-state index in [0.717, 1.165) is 5.56 Å². The standard InChI is InChI=1S/C15H17ClN4O3S/c1-4-23-14(21)10-8-19-15(24-3)20-12(10)17-6-9-5-11(16)13(22-2)18-7-9/h5,7-8H,4,6H2,1-3H3,(H,17,19,20). The van der Waals surface area contributed by atoms with Crippen LogP contribution in [-0.2, 0) is 11.3 Å². The number of thioether (sulfide) groups is 1. The number of anilines is 1. The highest BCUT2D eigenvalue weighted by Crippen LogP contribution is 2.23. The highest BCUT2D eigenvalue weighted by Gasteiger charge is 2.16. The molecule has 0 saturated heterocycles. The van der Waals surface area contributed by atoms with Gasteiger partial charge >= 0.3 is 5.97 Å². The van der Waals surface area contributed by atoms with Gasteiger partial charge < -0.3 is 14.8 Å². The molecule has 0 bridgehead atoms. The second kappa shape index (κ2) is 8.70. The van der Waals surface area contributed by atoms with E-state index in [1.807, 2.05) is 6.26 Å². The molecule has 0 unspecified atom stereocenters. The second-order valence-corrected chi connectivity index (χ2v) is 5.71. The molecule has 2 aromatic heterocycles. The fourth-order valence-electron chi connectivity index (χ4n) is 1.85. The van der Waals surface area contributed by atoms with Gasteiger partial charge in [0.1, 0.15) is 16.4 Å². The van der Waals surface area contributed by atoms with E-state index in [1.165, 1.54) is 25.1 Å². The summed E-state index contributed by atoms with van der Waals surface area (Å²) in [7, 11) is 1.50. The highest BCUT2D eigenvalue weighted by atomic mass is 35.5. The van der Waals surface area contributed by atoms with Crippen molar-refractivity contribution in [2.45, 2.75) is 18.6 Å². The van der Waals surface area contributed by atoms with Gasteiger partial charge in [0.15, 0.2) is 5.16 Å². The Balaban J connectivity index is 2.21. The first kappa shape index (κ1) is 18.3. The summed E-state index contributed by atoms with van der Waals surface area (Å²) in [5, 5.41) is 4.07. The SMILES string of the molecule is CCOC(=O)c1cnc(SC)nc1NCc1cnc(OC)c(Cl)c1. The Kier molecular flexibility index (Phi) is 6.62. The minimum absolute atomic E-state index is 0.278. The van der Waals surface area contributed by atoms with Gasteiger partial charge in [-0.15, -0.1) is 0 Å². The van der Waals surface area contributed by atoms with Crippen LogP contribution in [0.4, 0.5) is 5.82 Å². The number of halogens is 1. The number of carbonyl (C=O) groups is 1. The number of rotatable bonds is 7. The van der Waals surface area contributed by atoms with Crippen molar-refractivity contribution in [3.63, 3.8) is 0 Å². The van der Waals surface area contributed by atoms with Crippen molar-refractivity contribution in [1.82, 2.24) is 15.0 Å². The maximum atomic E-state index is 12.0. The molecule has 0 amide bonds. The summed E-state index contributed by atoms with van der Waals surface area (Å²) in [5.74, 6) is 0.289. The Morgan fingerprint density at radius 3 is 2.79 bits per heavy atom. The van der Waals surface area contributed by atoms with Crippen molar-refractivity contribution < 1.29 is 14.3 Å². The van der Waals surface area contributed by atoms with Crippen LogP contribution in [0.15, 0.2) is 23.6 Å².